The van der Waals surface area contributed by atoms with Gasteiger partial charge in [-0.25, -0.2) is 4.39 Å². The van der Waals surface area contributed by atoms with E-state index in [1.54, 1.807) is 12.1 Å². The van der Waals surface area contributed by atoms with Gasteiger partial charge in [-0.1, -0.05) is 19.4 Å². The van der Waals surface area contributed by atoms with Crippen molar-refractivity contribution >= 4 is 0 Å². The molecule has 1 aliphatic rings. The van der Waals surface area contributed by atoms with Crippen LogP contribution in [0.15, 0.2) is 18.2 Å². The van der Waals surface area contributed by atoms with E-state index in [1.807, 2.05) is 6.92 Å². The number of nitrogens with zero attached hydrogens (tertiary/aromatic N) is 1. The fourth-order valence-corrected chi connectivity index (χ4v) is 2.60. The molecule has 1 aromatic carbocycles. The summed E-state index contributed by atoms with van der Waals surface area (Å²) in [5.41, 5.74) is 0.680. The Balaban J connectivity index is 2.12. The first-order valence-corrected chi connectivity index (χ1v) is 6.34. The first-order valence-electron chi connectivity index (χ1n) is 6.34. The van der Waals surface area contributed by atoms with Crippen LogP contribution in [-0.2, 0) is 0 Å². The summed E-state index contributed by atoms with van der Waals surface area (Å²) in [6.45, 7) is 6.34. The Morgan fingerprint density at radius 1 is 1.53 bits per heavy atom. The zero-order valence-electron chi connectivity index (χ0n) is 10.5. The molecule has 0 aliphatic carbocycles. The molecule has 1 fully saturated rings. The predicted molar refractivity (Wildman–Crippen MR) is 66.5 cm³/mol. The Bertz CT molecular complexity index is 394. The summed E-state index contributed by atoms with van der Waals surface area (Å²) < 4.78 is 13.7. The van der Waals surface area contributed by atoms with E-state index >= 15 is 0 Å². The van der Waals surface area contributed by atoms with Crippen molar-refractivity contribution in [1.29, 1.82) is 0 Å². The predicted octanol–water partition coefficient (Wildman–Crippen LogP) is 3.32. The Morgan fingerprint density at radius 3 is 2.88 bits per heavy atom. The first kappa shape index (κ1) is 12.4. The molecule has 1 saturated heterocycles. The van der Waals surface area contributed by atoms with Crippen molar-refractivity contribution < 1.29 is 9.50 Å². The second-order valence-corrected chi connectivity index (χ2v) is 4.94. The molecule has 0 saturated carbocycles. The highest BCUT2D eigenvalue weighted by Gasteiger charge is 2.26. The van der Waals surface area contributed by atoms with Crippen molar-refractivity contribution in [1.82, 2.24) is 4.90 Å². The summed E-state index contributed by atoms with van der Waals surface area (Å²) in [6.07, 6.45) is 2.40. The summed E-state index contributed by atoms with van der Waals surface area (Å²) in [4.78, 5) is 2.32. The summed E-state index contributed by atoms with van der Waals surface area (Å²) in [5.74, 6) is 0.432. The van der Waals surface area contributed by atoms with E-state index < -0.39 is 0 Å². The largest absolute Gasteiger partial charge is 0.508 e. The van der Waals surface area contributed by atoms with E-state index in [-0.39, 0.29) is 17.6 Å². The molecule has 0 aromatic heterocycles. The Hall–Kier alpha value is -1.09. The van der Waals surface area contributed by atoms with Gasteiger partial charge in [-0.05, 0) is 31.9 Å². The van der Waals surface area contributed by atoms with Crippen molar-refractivity contribution in [3.8, 4) is 5.75 Å². The number of aromatic hydroxyl groups is 1. The lowest BCUT2D eigenvalue weighted by Crippen LogP contribution is -2.25. The maximum atomic E-state index is 13.7. The molecule has 2 nitrogen and oxygen atoms in total. The minimum Gasteiger partial charge on any atom is -0.508 e. The highest BCUT2D eigenvalue weighted by atomic mass is 19.1. The number of hydrogen-bond acceptors (Lipinski definition) is 2. The Morgan fingerprint density at radius 2 is 2.29 bits per heavy atom. The van der Waals surface area contributed by atoms with Gasteiger partial charge >= 0.3 is 0 Å². The molecule has 1 N–H and O–H groups in total. The zero-order chi connectivity index (χ0) is 12.4. The maximum Gasteiger partial charge on any atom is 0.131 e. The van der Waals surface area contributed by atoms with Crippen LogP contribution >= 0.6 is 0 Å². The number of benzene rings is 1. The van der Waals surface area contributed by atoms with Gasteiger partial charge in [0.15, 0.2) is 0 Å². The van der Waals surface area contributed by atoms with Crippen molar-refractivity contribution in [3.05, 3.63) is 29.6 Å². The fourth-order valence-electron chi connectivity index (χ4n) is 2.60. The maximum absolute atomic E-state index is 13.7. The topological polar surface area (TPSA) is 23.5 Å². The SMILES string of the molecule is CCC1CCN(C(C)c2ccc(O)cc2F)C1. The number of phenolic OH excluding ortho intramolecular Hbond substituents is 1. The Labute approximate surface area is 102 Å². The van der Waals surface area contributed by atoms with Gasteiger partial charge in [0.1, 0.15) is 11.6 Å². The van der Waals surface area contributed by atoms with E-state index in [4.69, 9.17) is 0 Å². The van der Waals surface area contributed by atoms with Crippen LogP contribution < -0.4 is 0 Å². The lowest BCUT2D eigenvalue weighted by Gasteiger charge is -2.25. The van der Waals surface area contributed by atoms with Crippen LogP contribution in [0.25, 0.3) is 0 Å². The Kier molecular flexibility index (Phi) is 3.67. The quantitative estimate of drug-likeness (QED) is 0.871. The van der Waals surface area contributed by atoms with Gasteiger partial charge in [-0.3, -0.25) is 4.90 Å². The number of likely N-dealkylation sites (tertiary alicyclic amines) is 1. The second kappa shape index (κ2) is 5.05. The summed E-state index contributed by atoms with van der Waals surface area (Å²) in [7, 11) is 0. The minimum absolute atomic E-state index is 0.00805. The number of phenols is 1. The molecule has 1 aliphatic heterocycles. The fraction of sp³-hybridized carbons (Fsp3) is 0.571. The molecular weight excluding hydrogens is 217 g/mol. The van der Waals surface area contributed by atoms with Crippen LogP contribution in [0.5, 0.6) is 5.75 Å². The van der Waals surface area contributed by atoms with Gasteiger partial charge in [0.05, 0.1) is 0 Å². The smallest absolute Gasteiger partial charge is 0.131 e. The van der Waals surface area contributed by atoms with Crippen LogP contribution in [0.3, 0.4) is 0 Å². The van der Waals surface area contributed by atoms with Gasteiger partial charge in [0.25, 0.3) is 0 Å². The van der Waals surface area contributed by atoms with Crippen LogP contribution in [0.1, 0.15) is 38.3 Å². The third-order valence-electron chi connectivity index (χ3n) is 3.88. The van der Waals surface area contributed by atoms with Gasteiger partial charge in [0, 0.05) is 24.2 Å². The average molecular weight is 237 g/mol. The minimum atomic E-state index is -0.308. The van der Waals surface area contributed by atoms with Crippen LogP contribution in [0, 0.1) is 11.7 Å². The molecule has 94 valence electrons. The summed E-state index contributed by atoms with van der Waals surface area (Å²) >= 11 is 0. The second-order valence-electron chi connectivity index (χ2n) is 4.94. The molecule has 2 atom stereocenters. The lowest BCUT2D eigenvalue weighted by atomic mass is 10.1. The van der Waals surface area contributed by atoms with E-state index in [0.29, 0.717) is 5.56 Å². The van der Waals surface area contributed by atoms with Crippen LogP contribution in [0.2, 0.25) is 0 Å². The molecule has 0 amide bonds. The molecule has 2 unspecified atom stereocenters. The third kappa shape index (κ3) is 2.60. The standard InChI is InChI=1S/C14H20FNO/c1-3-11-6-7-16(9-11)10(2)13-5-4-12(17)8-14(13)15/h4-5,8,10-11,17H,3,6-7,9H2,1-2H3. The van der Waals surface area contributed by atoms with Crippen molar-refractivity contribution in [3.63, 3.8) is 0 Å². The first-order chi connectivity index (χ1) is 8.11. The third-order valence-corrected chi connectivity index (χ3v) is 3.88. The number of halogens is 1. The molecule has 17 heavy (non-hydrogen) atoms. The van der Waals surface area contributed by atoms with Crippen molar-refractivity contribution in [2.75, 3.05) is 13.1 Å². The van der Waals surface area contributed by atoms with E-state index in [2.05, 4.69) is 11.8 Å². The lowest BCUT2D eigenvalue weighted by molar-refractivity contribution is 0.246. The van der Waals surface area contributed by atoms with E-state index in [0.717, 1.165) is 19.0 Å². The highest BCUT2D eigenvalue weighted by Crippen LogP contribution is 2.30. The molecule has 0 radical (unpaired) electrons. The molecule has 0 bridgehead atoms. The van der Waals surface area contributed by atoms with Crippen molar-refractivity contribution in [2.24, 2.45) is 5.92 Å². The molecule has 0 spiro atoms. The van der Waals surface area contributed by atoms with Crippen LogP contribution in [-0.4, -0.2) is 23.1 Å². The monoisotopic (exact) mass is 237 g/mol. The van der Waals surface area contributed by atoms with Crippen LogP contribution in [0.4, 0.5) is 4.39 Å². The molecule has 3 heteroatoms. The number of rotatable bonds is 3. The highest BCUT2D eigenvalue weighted by molar-refractivity contribution is 5.29. The molecular formula is C14H20FNO. The van der Waals surface area contributed by atoms with Gasteiger partial charge < -0.3 is 5.11 Å². The molecule has 1 aromatic rings. The normalized spacial score (nSPS) is 22.9. The number of hydrogen-bond donors (Lipinski definition) is 1. The van der Waals surface area contributed by atoms with Crippen molar-refractivity contribution in [2.45, 2.75) is 32.7 Å². The summed E-state index contributed by atoms with van der Waals surface area (Å²) in [5, 5.41) is 9.21. The van der Waals surface area contributed by atoms with E-state index in [1.165, 1.54) is 18.9 Å². The zero-order valence-corrected chi connectivity index (χ0v) is 10.5. The molecule has 1 heterocycles. The summed E-state index contributed by atoms with van der Waals surface area (Å²) in [6, 6.07) is 4.53. The van der Waals surface area contributed by atoms with Gasteiger partial charge in [-0.2, -0.15) is 0 Å². The molecule has 2 rings (SSSR count). The van der Waals surface area contributed by atoms with E-state index in [9.17, 15) is 9.50 Å². The van der Waals surface area contributed by atoms with Gasteiger partial charge in [0.2, 0.25) is 0 Å². The van der Waals surface area contributed by atoms with Gasteiger partial charge in [-0.15, -0.1) is 0 Å². The average Bonchev–Trinajstić information content (AvgIpc) is 2.76.